The van der Waals surface area contributed by atoms with Gasteiger partial charge >= 0.3 is 0 Å². The number of aliphatic hydroxyl groups excluding tert-OH is 1. The zero-order chi connectivity index (χ0) is 14.0. The van der Waals surface area contributed by atoms with Crippen molar-refractivity contribution in [3.63, 3.8) is 0 Å². The first kappa shape index (κ1) is 13.6. The fraction of sp³-hybridized carbons (Fsp3) is 0.250. The fourth-order valence-corrected chi connectivity index (χ4v) is 2.75. The number of sulfonamides is 1. The maximum atomic E-state index is 12.2. The van der Waals surface area contributed by atoms with Crippen molar-refractivity contribution < 1.29 is 13.5 Å². The molecule has 0 aliphatic rings. The number of imidazole rings is 1. The first-order valence-electron chi connectivity index (χ1n) is 5.65. The largest absolute Gasteiger partial charge is 0.392 e. The summed E-state index contributed by atoms with van der Waals surface area (Å²) in [5, 5.41) is 9.14. The summed E-state index contributed by atoms with van der Waals surface area (Å²) in [4.78, 5) is 3.98. The van der Waals surface area contributed by atoms with Crippen LogP contribution in [0.1, 0.15) is 11.4 Å². The van der Waals surface area contributed by atoms with Crippen molar-refractivity contribution in [2.24, 2.45) is 7.05 Å². The van der Waals surface area contributed by atoms with Gasteiger partial charge in [-0.2, -0.15) is 8.42 Å². The third-order valence-corrected chi connectivity index (χ3v) is 4.03. The fourth-order valence-electron chi connectivity index (χ4n) is 1.61. The predicted molar refractivity (Wildman–Crippen MR) is 71.1 cm³/mol. The number of nitrogens with one attached hydrogen (secondary N) is 1. The van der Waals surface area contributed by atoms with E-state index in [1.165, 1.54) is 6.20 Å². The highest BCUT2D eigenvalue weighted by Crippen LogP contribution is 2.19. The molecule has 1 aromatic heterocycles. The SMILES string of the molecule is Cc1nc(S(=O)(=O)Nc2ccccc2CO)cn1C. The Hall–Kier alpha value is -1.86. The number of nitrogens with zero attached hydrogens (tertiary/aromatic N) is 2. The van der Waals surface area contributed by atoms with Crippen LogP contribution in [0.2, 0.25) is 0 Å². The number of benzene rings is 1. The van der Waals surface area contributed by atoms with E-state index in [0.717, 1.165) is 0 Å². The summed E-state index contributed by atoms with van der Waals surface area (Å²) in [5.41, 5.74) is 0.868. The molecule has 0 saturated heterocycles. The molecule has 0 amide bonds. The molecule has 19 heavy (non-hydrogen) atoms. The van der Waals surface area contributed by atoms with E-state index in [1.54, 1.807) is 42.8 Å². The summed E-state index contributed by atoms with van der Waals surface area (Å²) >= 11 is 0. The lowest BCUT2D eigenvalue weighted by molar-refractivity contribution is 0.282. The van der Waals surface area contributed by atoms with Crippen LogP contribution in [-0.4, -0.2) is 23.1 Å². The predicted octanol–water partition coefficient (Wildman–Crippen LogP) is 1.02. The smallest absolute Gasteiger partial charge is 0.280 e. The van der Waals surface area contributed by atoms with Crippen molar-refractivity contribution in [2.75, 3.05) is 4.72 Å². The molecule has 0 unspecified atom stereocenters. The monoisotopic (exact) mass is 281 g/mol. The Morgan fingerprint density at radius 2 is 2.05 bits per heavy atom. The number of aryl methyl sites for hydroxylation is 2. The number of aromatic nitrogens is 2. The molecule has 7 heteroatoms. The summed E-state index contributed by atoms with van der Waals surface area (Å²) in [6.45, 7) is 1.49. The Balaban J connectivity index is 2.36. The van der Waals surface area contributed by atoms with Crippen LogP contribution in [0.3, 0.4) is 0 Å². The number of para-hydroxylation sites is 1. The minimum absolute atomic E-state index is 0.0414. The molecule has 0 bridgehead atoms. The van der Waals surface area contributed by atoms with Gasteiger partial charge in [0.2, 0.25) is 0 Å². The maximum absolute atomic E-state index is 12.2. The third kappa shape index (κ3) is 2.77. The molecule has 1 aromatic carbocycles. The third-order valence-electron chi connectivity index (χ3n) is 2.79. The maximum Gasteiger partial charge on any atom is 0.280 e. The summed E-state index contributed by atoms with van der Waals surface area (Å²) < 4.78 is 28.4. The molecule has 2 aromatic rings. The Bertz CT molecular complexity index is 672. The summed E-state index contributed by atoms with van der Waals surface area (Å²) in [7, 11) is -2.02. The zero-order valence-electron chi connectivity index (χ0n) is 10.7. The average Bonchev–Trinajstić information content (AvgIpc) is 2.71. The lowest BCUT2D eigenvalue weighted by Gasteiger charge is -2.09. The molecule has 102 valence electrons. The standard InChI is InChI=1S/C12H15N3O3S/c1-9-13-12(7-15(9)2)19(17,18)14-11-6-4-3-5-10(11)8-16/h3-7,14,16H,8H2,1-2H3. The first-order chi connectivity index (χ1) is 8.94. The van der Waals surface area contributed by atoms with Gasteiger partial charge in [-0.05, 0) is 13.0 Å². The number of hydrogen-bond donors (Lipinski definition) is 2. The molecule has 0 radical (unpaired) electrons. The van der Waals surface area contributed by atoms with Crippen LogP contribution < -0.4 is 4.72 Å². The van der Waals surface area contributed by atoms with Crippen LogP contribution in [0, 0.1) is 6.92 Å². The van der Waals surface area contributed by atoms with Gasteiger partial charge in [0.25, 0.3) is 10.0 Å². The van der Waals surface area contributed by atoms with Crippen LogP contribution in [0.5, 0.6) is 0 Å². The second kappa shape index (κ2) is 5.02. The zero-order valence-corrected chi connectivity index (χ0v) is 11.5. The van der Waals surface area contributed by atoms with E-state index in [1.807, 2.05) is 0 Å². The second-order valence-corrected chi connectivity index (χ2v) is 5.79. The second-order valence-electron chi connectivity index (χ2n) is 4.16. The van der Waals surface area contributed by atoms with Crippen LogP contribution in [0.25, 0.3) is 0 Å². The number of aliphatic hydroxyl groups is 1. The van der Waals surface area contributed by atoms with Gasteiger partial charge in [0.1, 0.15) is 5.82 Å². The topological polar surface area (TPSA) is 84.2 Å². The molecular formula is C12H15N3O3S. The van der Waals surface area contributed by atoms with Crippen molar-refractivity contribution >= 4 is 15.7 Å². The summed E-state index contributed by atoms with van der Waals surface area (Å²) in [6.07, 6.45) is 1.44. The number of rotatable bonds is 4. The molecule has 6 nitrogen and oxygen atoms in total. The molecule has 1 heterocycles. The first-order valence-corrected chi connectivity index (χ1v) is 7.14. The molecule has 2 rings (SSSR count). The molecule has 0 spiro atoms. The van der Waals surface area contributed by atoms with Gasteiger partial charge in [-0.1, -0.05) is 18.2 Å². The van der Waals surface area contributed by atoms with E-state index in [-0.39, 0.29) is 11.6 Å². The summed E-state index contributed by atoms with van der Waals surface area (Å²) in [5.74, 6) is 0.607. The van der Waals surface area contributed by atoms with Crippen LogP contribution in [-0.2, 0) is 23.7 Å². The highest BCUT2D eigenvalue weighted by Gasteiger charge is 2.19. The summed E-state index contributed by atoms with van der Waals surface area (Å²) in [6, 6.07) is 6.68. The number of hydrogen-bond acceptors (Lipinski definition) is 4. The lowest BCUT2D eigenvalue weighted by Crippen LogP contribution is -2.14. The number of anilines is 1. The highest BCUT2D eigenvalue weighted by atomic mass is 32.2. The minimum atomic E-state index is -3.74. The minimum Gasteiger partial charge on any atom is -0.392 e. The molecule has 0 aliphatic heterocycles. The van der Waals surface area contributed by atoms with E-state index in [2.05, 4.69) is 9.71 Å². The molecule has 2 N–H and O–H groups in total. The van der Waals surface area contributed by atoms with E-state index < -0.39 is 10.0 Å². The average molecular weight is 281 g/mol. The lowest BCUT2D eigenvalue weighted by atomic mass is 10.2. The Kier molecular flexibility index (Phi) is 3.59. The molecule has 0 saturated carbocycles. The molecular weight excluding hydrogens is 266 g/mol. The van der Waals surface area contributed by atoms with Gasteiger partial charge in [-0.25, -0.2) is 4.98 Å². The Labute approximate surface area is 111 Å². The normalized spacial score (nSPS) is 11.5. The van der Waals surface area contributed by atoms with Crippen molar-refractivity contribution in [1.82, 2.24) is 9.55 Å². The van der Waals surface area contributed by atoms with Gasteiger partial charge in [0.05, 0.1) is 12.3 Å². The van der Waals surface area contributed by atoms with Gasteiger partial charge < -0.3 is 9.67 Å². The quantitative estimate of drug-likeness (QED) is 0.876. The van der Waals surface area contributed by atoms with Gasteiger partial charge in [0.15, 0.2) is 5.03 Å². The van der Waals surface area contributed by atoms with E-state index in [4.69, 9.17) is 0 Å². The van der Waals surface area contributed by atoms with Crippen molar-refractivity contribution in [3.8, 4) is 0 Å². The van der Waals surface area contributed by atoms with Crippen molar-refractivity contribution in [1.29, 1.82) is 0 Å². The van der Waals surface area contributed by atoms with Crippen LogP contribution in [0.4, 0.5) is 5.69 Å². The highest BCUT2D eigenvalue weighted by molar-refractivity contribution is 7.92. The van der Waals surface area contributed by atoms with Crippen molar-refractivity contribution in [2.45, 2.75) is 18.6 Å². The molecule has 0 fully saturated rings. The van der Waals surface area contributed by atoms with E-state index in [0.29, 0.717) is 17.1 Å². The van der Waals surface area contributed by atoms with Gasteiger partial charge in [-0.15, -0.1) is 0 Å². The van der Waals surface area contributed by atoms with Crippen LogP contribution >= 0.6 is 0 Å². The van der Waals surface area contributed by atoms with E-state index >= 15 is 0 Å². The van der Waals surface area contributed by atoms with Gasteiger partial charge in [0, 0.05) is 18.8 Å². The molecule has 0 aliphatic carbocycles. The van der Waals surface area contributed by atoms with Crippen LogP contribution in [0.15, 0.2) is 35.5 Å². The van der Waals surface area contributed by atoms with E-state index in [9.17, 15) is 13.5 Å². The molecule has 0 atom stereocenters. The Morgan fingerprint density at radius 1 is 1.37 bits per heavy atom. The van der Waals surface area contributed by atoms with Crippen molar-refractivity contribution in [3.05, 3.63) is 41.9 Å². The van der Waals surface area contributed by atoms with Gasteiger partial charge in [-0.3, -0.25) is 4.72 Å². The Morgan fingerprint density at radius 3 is 2.63 bits per heavy atom.